The summed E-state index contributed by atoms with van der Waals surface area (Å²) in [6.07, 6.45) is 17.9. The Labute approximate surface area is 389 Å². The second-order valence-electron chi connectivity index (χ2n) is 19.2. The zero-order chi connectivity index (χ0) is 44.4. The van der Waals surface area contributed by atoms with Gasteiger partial charge in [-0.3, -0.25) is 0 Å². The van der Waals surface area contributed by atoms with E-state index in [-0.39, 0.29) is 17.8 Å². The first-order valence-electron chi connectivity index (χ1n) is 23.8. The van der Waals surface area contributed by atoms with Gasteiger partial charge in [-0.05, 0) is 161 Å². The zero-order valence-corrected chi connectivity index (χ0v) is 37.0. The monoisotopic (exact) mass is 856 g/mol. The van der Waals surface area contributed by atoms with Crippen molar-refractivity contribution in [2.45, 2.75) is 37.5 Å². The van der Waals surface area contributed by atoms with Crippen LogP contribution in [0.4, 0.5) is 0 Å². The van der Waals surface area contributed by atoms with Gasteiger partial charge in [0.2, 0.25) is 0 Å². The highest BCUT2D eigenvalue weighted by atomic mass is 15.0. The minimum absolute atomic E-state index is 0.147. The van der Waals surface area contributed by atoms with Crippen molar-refractivity contribution in [2.75, 3.05) is 0 Å². The molecule has 1 spiro atoms. The fourth-order valence-corrected chi connectivity index (χ4v) is 13.2. The molecule has 14 rings (SSSR count). The van der Waals surface area contributed by atoms with Gasteiger partial charge in [-0.15, -0.1) is 0 Å². The summed E-state index contributed by atoms with van der Waals surface area (Å²) in [5.41, 5.74) is 20.3. The maximum absolute atomic E-state index is 10.3. The number of benzene rings is 7. The smallest absolute Gasteiger partial charge is 0.0947 e. The molecule has 2 heterocycles. The van der Waals surface area contributed by atoms with Gasteiger partial charge < -0.3 is 9.13 Å². The Morgan fingerprint density at radius 3 is 1.93 bits per heavy atom. The number of nitrogens with zero attached hydrogens (tertiary/aromatic N) is 4. The molecule has 0 fully saturated rings. The lowest BCUT2D eigenvalue weighted by Gasteiger charge is -2.40. The maximum Gasteiger partial charge on any atom is 0.0947 e. The molecule has 0 radical (unpaired) electrons. The summed E-state index contributed by atoms with van der Waals surface area (Å²) in [6.45, 7) is 0. The molecule has 0 saturated carbocycles. The van der Waals surface area contributed by atoms with Crippen LogP contribution in [-0.2, 0) is 5.41 Å². The molecule has 4 heteroatoms. The van der Waals surface area contributed by atoms with E-state index >= 15 is 0 Å². The molecule has 0 aliphatic heterocycles. The first kappa shape index (κ1) is 38.1. The number of hydrogen-bond donors (Lipinski definition) is 0. The molecule has 316 valence electrons. The number of hydrogen-bond acceptors (Lipinski definition) is 2. The summed E-state index contributed by atoms with van der Waals surface area (Å²) in [5, 5.41) is 25.6. The van der Waals surface area contributed by atoms with Gasteiger partial charge >= 0.3 is 0 Å². The van der Waals surface area contributed by atoms with Crippen molar-refractivity contribution in [1.29, 1.82) is 10.5 Å². The number of para-hydroxylation sites is 2. The zero-order valence-electron chi connectivity index (χ0n) is 37.0. The Kier molecular flexibility index (Phi) is 8.20. The molecular formula is C63H44N4. The van der Waals surface area contributed by atoms with Crippen LogP contribution in [0.3, 0.4) is 0 Å². The van der Waals surface area contributed by atoms with Gasteiger partial charge in [0.25, 0.3) is 0 Å². The van der Waals surface area contributed by atoms with Gasteiger partial charge in [-0.1, -0.05) is 121 Å². The summed E-state index contributed by atoms with van der Waals surface area (Å²) >= 11 is 0. The van der Waals surface area contributed by atoms with Crippen molar-refractivity contribution < 1.29 is 0 Å². The van der Waals surface area contributed by atoms with E-state index in [1.54, 1.807) is 0 Å². The average Bonchev–Trinajstić information content (AvgIpc) is 4.09. The molecule has 2 aromatic heterocycles. The topological polar surface area (TPSA) is 57.4 Å². The number of rotatable bonds is 4. The molecule has 4 unspecified atom stereocenters. The summed E-state index contributed by atoms with van der Waals surface area (Å²) in [5.74, 6) is 0.271. The fourth-order valence-electron chi connectivity index (χ4n) is 13.2. The molecule has 5 aliphatic carbocycles. The van der Waals surface area contributed by atoms with Crippen LogP contribution < -0.4 is 0 Å². The van der Waals surface area contributed by atoms with Crippen LogP contribution >= 0.6 is 0 Å². The number of allylic oxidation sites excluding steroid dienone is 10. The predicted molar refractivity (Wildman–Crippen MR) is 273 cm³/mol. The van der Waals surface area contributed by atoms with Gasteiger partial charge in [0.15, 0.2) is 0 Å². The number of nitriles is 2. The highest BCUT2D eigenvalue weighted by molar-refractivity contribution is 6.14. The predicted octanol–water partition coefficient (Wildman–Crippen LogP) is 15.6. The molecule has 0 bridgehead atoms. The molecule has 0 amide bonds. The second kappa shape index (κ2) is 14.4. The number of fused-ring (bicyclic) bond motifs is 15. The third-order valence-corrected chi connectivity index (χ3v) is 16.0. The van der Waals surface area contributed by atoms with Gasteiger partial charge in [-0.2, -0.15) is 10.5 Å². The van der Waals surface area contributed by atoms with Crippen LogP contribution in [-0.4, -0.2) is 9.13 Å². The Hall–Kier alpha value is -8.18. The molecule has 0 N–H and O–H groups in total. The van der Waals surface area contributed by atoms with Crippen molar-refractivity contribution in [1.82, 2.24) is 9.13 Å². The van der Waals surface area contributed by atoms with E-state index in [9.17, 15) is 10.5 Å². The largest absolute Gasteiger partial charge is 0.313 e. The molecule has 7 aromatic carbocycles. The third-order valence-electron chi connectivity index (χ3n) is 16.0. The first-order valence-corrected chi connectivity index (χ1v) is 23.8. The van der Waals surface area contributed by atoms with E-state index in [0.29, 0.717) is 0 Å². The van der Waals surface area contributed by atoms with Gasteiger partial charge in [0.05, 0.1) is 45.5 Å². The lowest BCUT2D eigenvalue weighted by Crippen LogP contribution is -2.37. The minimum Gasteiger partial charge on any atom is -0.313 e. The van der Waals surface area contributed by atoms with E-state index in [0.717, 1.165) is 43.4 Å². The van der Waals surface area contributed by atoms with E-state index in [4.69, 9.17) is 0 Å². The Balaban J connectivity index is 0.959. The highest BCUT2D eigenvalue weighted by Crippen LogP contribution is 2.67. The van der Waals surface area contributed by atoms with E-state index < -0.39 is 5.41 Å². The molecule has 5 aliphatic rings. The van der Waals surface area contributed by atoms with Crippen molar-refractivity contribution in [3.05, 3.63) is 216 Å². The summed E-state index contributed by atoms with van der Waals surface area (Å²) in [6, 6.07) is 61.8. The van der Waals surface area contributed by atoms with Crippen LogP contribution in [0, 0.1) is 40.4 Å². The average molecular weight is 857 g/mol. The molecule has 4 atom stereocenters. The SMILES string of the molecule is N#CC1=CC2=C(CC1)C1C=CC(C#N)CC1C21c2ccccc2-c2ccc(-c3ccc4c(c3)c3cc(-c5ccc6c(c5)c5ccccc5n6C5=CC=CCC5)ccc3n4-c3ccccc3)cc21. The van der Waals surface area contributed by atoms with Crippen LogP contribution in [0.15, 0.2) is 205 Å². The molecule has 4 nitrogen and oxygen atoms in total. The van der Waals surface area contributed by atoms with Crippen LogP contribution in [0.25, 0.3) is 88.4 Å². The lowest BCUT2D eigenvalue weighted by molar-refractivity contribution is 0.301. The van der Waals surface area contributed by atoms with Crippen molar-refractivity contribution >= 4 is 49.3 Å². The molecule has 67 heavy (non-hydrogen) atoms. The van der Waals surface area contributed by atoms with E-state index in [2.05, 4.69) is 209 Å². The Bertz CT molecular complexity index is 3890. The standard InChI is InChI=1S/C63H44N4/c64-37-39-19-25-48-49-26-20-40(38-65)32-57(49)63(56(48)31-39)55-17-9-7-15-47(55)50-27-21-44(36-58(50)63)43-24-30-62-54(35-43)53-34-42(23-29-61(53)67(62)46-13-5-2-6-14-46)41-22-28-60-52(33-41)51-16-8-10-18-59(51)66(60)45-11-3-1-4-12-45/h1-3,5-11,13-19,21-25,27-30,32-36,39,48,56H,4,12,20,26,31H2. The summed E-state index contributed by atoms with van der Waals surface area (Å²) in [4.78, 5) is 0. The van der Waals surface area contributed by atoms with Crippen molar-refractivity contribution in [3.8, 4) is 51.2 Å². The van der Waals surface area contributed by atoms with Crippen molar-refractivity contribution in [2.24, 2.45) is 17.8 Å². The van der Waals surface area contributed by atoms with Gasteiger partial charge in [0, 0.05) is 44.4 Å². The normalized spacial score (nSPS) is 21.3. The van der Waals surface area contributed by atoms with Crippen LogP contribution in [0.2, 0.25) is 0 Å². The Morgan fingerprint density at radius 2 is 1.19 bits per heavy atom. The summed E-state index contributed by atoms with van der Waals surface area (Å²) < 4.78 is 4.87. The molecule has 0 saturated heterocycles. The maximum atomic E-state index is 10.3. The Morgan fingerprint density at radius 1 is 0.552 bits per heavy atom. The number of aromatic nitrogens is 2. The van der Waals surface area contributed by atoms with Crippen LogP contribution in [0.1, 0.15) is 43.2 Å². The van der Waals surface area contributed by atoms with Crippen LogP contribution in [0.5, 0.6) is 0 Å². The van der Waals surface area contributed by atoms with Gasteiger partial charge in [-0.25, -0.2) is 0 Å². The highest BCUT2D eigenvalue weighted by Gasteiger charge is 2.59. The van der Waals surface area contributed by atoms with E-state index in [1.807, 2.05) is 0 Å². The third kappa shape index (κ3) is 5.33. The summed E-state index contributed by atoms with van der Waals surface area (Å²) in [7, 11) is 0. The quantitative estimate of drug-likeness (QED) is 0.166. The molecular weight excluding hydrogens is 813 g/mol. The fraction of sp³-hybridized carbons (Fsp3) is 0.143. The minimum atomic E-state index is -0.454. The van der Waals surface area contributed by atoms with E-state index in [1.165, 1.54) is 105 Å². The lowest BCUT2D eigenvalue weighted by atomic mass is 9.61. The molecule has 9 aromatic rings. The second-order valence-corrected chi connectivity index (χ2v) is 19.2. The van der Waals surface area contributed by atoms with Gasteiger partial charge in [0.1, 0.15) is 0 Å². The van der Waals surface area contributed by atoms with Crippen molar-refractivity contribution in [3.63, 3.8) is 0 Å². The first-order chi connectivity index (χ1) is 33.1.